The van der Waals surface area contributed by atoms with Gasteiger partial charge in [0.15, 0.2) is 0 Å². The molecular formula is C28H34N4O3S. The lowest BCUT2D eigenvalue weighted by molar-refractivity contribution is 0.141. The maximum Gasteiger partial charge on any atom is 0.240 e. The zero-order chi connectivity index (χ0) is 25.1. The van der Waals surface area contributed by atoms with Gasteiger partial charge in [0.2, 0.25) is 15.9 Å². The van der Waals surface area contributed by atoms with E-state index in [1.54, 1.807) is 12.1 Å². The number of hydrogen-bond acceptors (Lipinski definition) is 5. The molecule has 1 saturated heterocycles. The van der Waals surface area contributed by atoms with Crippen LogP contribution in [0.1, 0.15) is 25.3 Å². The van der Waals surface area contributed by atoms with Crippen molar-refractivity contribution in [1.82, 2.24) is 19.2 Å². The zero-order valence-corrected chi connectivity index (χ0v) is 21.8. The lowest BCUT2D eigenvalue weighted by atomic mass is 9.97. The summed E-state index contributed by atoms with van der Waals surface area (Å²) in [5, 5.41) is 3.45. The lowest BCUT2D eigenvalue weighted by Gasteiger charge is -2.31. The summed E-state index contributed by atoms with van der Waals surface area (Å²) in [6.45, 7) is 6.82. The summed E-state index contributed by atoms with van der Waals surface area (Å²) in [4.78, 5) is 7.65. The van der Waals surface area contributed by atoms with Crippen LogP contribution in [-0.4, -0.2) is 56.2 Å². The third-order valence-electron chi connectivity index (χ3n) is 7.27. The molecular weight excluding hydrogens is 472 g/mol. The minimum absolute atomic E-state index is 0.305. The predicted molar refractivity (Wildman–Crippen MR) is 144 cm³/mol. The van der Waals surface area contributed by atoms with Crippen LogP contribution in [0.5, 0.6) is 5.88 Å². The Morgan fingerprint density at radius 2 is 1.72 bits per heavy atom. The first-order valence-electron chi connectivity index (χ1n) is 12.7. The van der Waals surface area contributed by atoms with Crippen LogP contribution >= 0.6 is 0 Å². The minimum atomic E-state index is -3.38. The Morgan fingerprint density at radius 3 is 2.44 bits per heavy atom. The molecule has 1 N–H and O–H groups in total. The molecule has 4 aromatic rings. The van der Waals surface area contributed by atoms with E-state index in [4.69, 9.17) is 9.72 Å². The molecule has 36 heavy (non-hydrogen) atoms. The summed E-state index contributed by atoms with van der Waals surface area (Å²) in [6, 6.07) is 15.4. The van der Waals surface area contributed by atoms with Crippen molar-refractivity contribution in [3.63, 3.8) is 0 Å². The average molecular weight is 507 g/mol. The van der Waals surface area contributed by atoms with Gasteiger partial charge in [0.05, 0.1) is 22.4 Å². The molecule has 2 aromatic heterocycles. The monoisotopic (exact) mass is 506 g/mol. The number of aryl methyl sites for hydroxylation is 1. The predicted octanol–water partition coefficient (Wildman–Crippen LogP) is 4.45. The summed E-state index contributed by atoms with van der Waals surface area (Å²) < 4.78 is 34.7. The van der Waals surface area contributed by atoms with Gasteiger partial charge in [-0.3, -0.25) is 0 Å². The first kappa shape index (κ1) is 24.7. The Labute approximate surface area is 213 Å². The van der Waals surface area contributed by atoms with Crippen molar-refractivity contribution in [2.75, 3.05) is 33.3 Å². The third kappa shape index (κ3) is 5.26. The molecule has 0 unspecified atom stereocenters. The number of hydrogen-bond donors (Lipinski definition) is 1. The second-order valence-electron chi connectivity index (χ2n) is 9.55. The second-order valence-corrected chi connectivity index (χ2v) is 11.4. The summed E-state index contributed by atoms with van der Waals surface area (Å²) in [7, 11) is -1.95. The van der Waals surface area contributed by atoms with Gasteiger partial charge in [0.1, 0.15) is 0 Å². The van der Waals surface area contributed by atoms with E-state index in [-0.39, 0.29) is 0 Å². The Morgan fingerprint density at radius 1 is 1.00 bits per heavy atom. The molecule has 2 aromatic carbocycles. The molecule has 0 spiro atoms. The Balaban J connectivity index is 1.15. The number of fused-ring (bicyclic) bond motifs is 3. The molecule has 190 valence electrons. The molecule has 1 aliphatic rings. The molecule has 1 aliphatic heterocycles. The van der Waals surface area contributed by atoms with E-state index in [0.29, 0.717) is 17.4 Å². The van der Waals surface area contributed by atoms with Gasteiger partial charge in [-0.05, 0) is 76.0 Å². The molecule has 5 rings (SSSR count). The summed E-state index contributed by atoms with van der Waals surface area (Å²) in [5.41, 5.74) is 2.13. The highest BCUT2D eigenvalue weighted by molar-refractivity contribution is 7.89. The molecule has 0 bridgehead atoms. The normalized spacial score (nSPS) is 15.6. The van der Waals surface area contributed by atoms with Crippen LogP contribution in [0.2, 0.25) is 0 Å². The maximum atomic E-state index is 11.9. The number of piperidine rings is 1. The summed E-state index contributed by atoms with van der Waals surface area (Å²) >= 11 is 0. The molecule has 3 heterocycles. The van der Waals surface area contributed by atoms with Gasteiger partial charge in [-0.1, -0.05) is 30.3 Å². The van der Waals surface area contributed by atoms with Crippen molar-refractivity contribution in [3.05, 3.63) is 66.5 Å². The quantitative estimate of drug-likeness (QED) is 0.363. The fraction of sp³-hybridized carbons (Fsp3) is 0.393. The van der Waals surface area contributed by atoms with Crippen molar-refractivity contribution in [3.8, 4) is 5.88 Å². The maximum absolute atomic E-state index is 11.9. The van der Waals surface area contributed by atoms with Gasteiger partial charge in [-0.2, -0.15) is 0 Å². The zero-order valence-electron chi connectivity index (χ0n) is 21.0. The van der Waals surface area contributed by atoms with E-state index in [0.717, 1.165) is 67.8 Å². The first-order valence-corrected chi connectivity index (χ1v) is 14.2. The van der Waals surface area contributed by atoms with Crippen LogP contribution in [0.4, 0.5) is 0 Å². The average Bonchev–Trinajstić information content (AvgIpc) is 3.36. The smallest absolute Gasteiger partial charge is 0.240 e. The number of sulfonamides is 1. The second kappa shape index (κ2) is 10.6. The highest BCUT2D eigenvalue weighted by Gasteiger charge is 2.21. The molecule has 0 radical (unpaired) electrons. The van der Waals surface area contributed by atoms with Gasteiger partial charge >= 0.3 is 0 Å². The van der Waals surface area contributed by atoms with Gasteiger partial charge < -0.3 is 14.2 Å². The number of likely N-dealkylation sites (tertiary alicyclic amines) is 1. The number of nitrogens with one attached hydrogen (secondary N) is 1. The van der Waals surface area contributed by atoms with Crippen LogP contribution in [-0.2, 0) is 23.0 Å². The van der Waals surface area contributed by atoms with E-state index in [2.05, 4.69) is 51.7 Å². The van der Waals surface area contributed by atoms with E-state index in [9.17, 15) is 8.42 Å². The van der Waals surface area contributed by atoms with Crippen molar-refractivity contribution in [2.24, 2.45) is 5.92 Å². The van der Waals surface area contributed by atoms with Crippen LogP contribution in [0.25, 0.3) is 21.7 Å². The van der Waals surface area contributed by atoms with Crippen LogP contribution in [0.15, 0.2) is 65.8 Å². The van der Waals surface area contributed by atoms with Crippen molar-refractivity contribution in [1.29, 1.82) is 0 Å². The number of ether oxygens (including phenoxy) is 1. The Hall–Kier alpha value is -2.94. The Kier molecular flexibility index (Phi) is 7.27. The molecule has 0 amide bonds. The van der Waals surface area contributed by atoms with Crippen molar-refractivity contribution in [2.45, 2.75) is 37.6 Å². The van der Waals surface area contributed by atoms with Crippen LogP contribution < -0.4 is 9.46 Å². The number of nitrogens with zero attached hydrogens (tertiary/aromatic N) is 3. The highest BCUT2D eigenvalue weighted by atomic mass is 32.2. The number of pyridine rings is 1. The fourth-order valence-corrected chi connectivity index (χ4v) is 5.70. The number of rotatable bonds is 9. The van der Waals surface area contributed by atoms with E-state index >= 15 is 0 Å². The summed E-state index contributed by atoms with van der Waals surface area (Å²) in [5.74, 6) is 1.26. The number of aromatic nitrogens is 2. The lowest BCUT2D eigenvalue weighted by Crippen LogP contribution is -2.36. The van der Waals surface area contributed by atoms with Crippen LogP contribution in [0.3, 0.4) is 0 Å². The molecule has 0 atom stereocenters. The molecule has 0 saturated carbocycles. The molecule has 1 fully saturated rings. The fourth-order valence-electron chi connectivity index (χ4n) is 4.97. The van der Waals surface area contributed by atoms with E-state index in [1.807, 2.05) is 18.2 Å². The summed E-state index contributed by atoms with van der Waals surface area (Å²) in [6.07, 6.45) is 7.46. The van der Waals surface area contributed by atoms with Gasteiger partial charge in [-0.15, -0.1) is 0 Å². The topological polar surface area (TPSA) is 76.5 Å². The van der Waals surface area contributed by atoms with E-state index < -0.39 is 10.0 Å². The Bertz CT molecular complexity index is 1440. The highest BCUT2D eigenvalue weighted by Crippen LogP contribution is 2.32. The largest absolute Gasteiger partial charge is 0.477 e. The van der Waals surface area contributed by atoms with E-state index in [1.165, 1.54) is 17.8 Å². The molecule has 0 aliphatic carbocycles. The SMILES string of the molecule is CCn1cc2c(OCC3CCN(CCc4ccc(S(=O)(=O)NC)cc4)CC3)nc3ccccc3c2c1. The number of para-hydroxylation sites is 1. The standard InChI is InChI=1S/C28H34N4O3S/c1-3-31-18-25-24-6-4-5-7-27(24)30-28(26(25)19-31)35-20-22-13-16-32(17-14-22)15-12-21-8-10-23(11-9-21)36(33,34)29-2/h4-11,18-19,22,29H,3,12-17,20H2,1-2H3. The minimum Gasteiger partial charge on any atom is -0.477 e. The van der Waals surface area contributed by atoms with Crippen molar-refractivity contribution < 1.29 is 13.2 Å². The first-order chi connectivity index (χ1) is 17.5. The van der Waals surface area contributed by atoms with Crippen molar-refractivity contribution >= 4 is 31.7 Å². The number of benzene rings is 2. The molecule has 7 nitrogen and oxygen atoms in total. The van der Waals surface area contributed by atoms with Gasteiger partial charge in [-0.25, -0.2) is 18.1 Å². The van der Waals surface area contributed by atoms with Gasteiger partial charge in [0, 0.05) is 36.3 Å². The van der Waals surface area contributed by atoms with Crippen LogP contribution in [0, 0.1) is 5.92 Å². The van der Waals surface area contributed by atoms with Gasteiger partial charge in [0.25, 0.3) is 0 Å². The molecule has 8 heteroatoms. The third-order valence-corrected chi connectivity index (χ3v) is 8.70.